The molecule has 1 aromatic heterocycles. The van der Waals surface area contributed by atoms with E-state index in [1.54, 1.807) is 6.20 Å². The van der Waals surface area contributed by atoms with Gasteiger partial charge in [-0.3, -0.25) is 0 Å². The number of fused-ring (bicyclic) bond motifs is 3. The molecular formula is C18H17NO. The number of allylic oxidation sites excluding steroid dienone is 3. The van der Waals surface area contributed by atoms with Gasteiger partial charge in [-0.25, -0.2) is 0 Å². The highest BCUT2D eigenvalue weighted by Crippen LogP contribution is 2.30. The third-order valence-electron chi connectivity index (χ3n) is 3.49. The summed E-state index contributed by atoms with van der Waals surface area (Å²) in [6.07, 6.45) is 6.46. The van der Waals surface area contributed by atoms with Crippen molar-refractivity contribution >= 4 is 21.9 Å². The van der Waals surface area contributed by atoms with Gasteiger partial charge in [-0.2, -0.15) is 0 Å². The highest BCUT2D eigenvalue weighted by atomic mass is 16.3. The monoisotopic (exact) mass is 263 g/mol. The minimum absolute atomic E-state index is 0.841. The van der Waals surface area contributed by atoms with E-state index in [0.29, 0.717) is 0 Å². The maximum atomic E-state index is 6.00. The van der Waals surface area contributed by atoms with Crippen LogP contribution in [-0.2, 0) is 6.42 Å². The summed E-state index contributed by atoms with van der Waals surface area (Å²) >= 11 is 0. The zero-order valence-corrected chi connectivity index (χ0v) is 11.5. The van der Waals surface area contributed by atoms with Gasteiger partial charge < -0.3 is 10.2 Å². The van der Waals surface area contributed by atoms with Crippen molar-refractivity contribution in [2.45, 2.75) is 13.3 Å². The minimum atomic E-state index is 0.841. The number of rotatable bonds is 3. The van der Waals surface area contributed by atoms with Crippen LogP contribution in [0.4, 0.5) is 0 Å². The highest BCUT2D eigenvalue weighted by molar-refractivity contribution is 6.05. The number of hydrogen-bond acceptors (Lipinski definition) is 2. The lowest BCUT2D eigenvalue weighted by Gasteiger charge is -1.99. The van der Waals surface area contributed by atoms with Crippen LogP contribution in [0.3, 0.4) is 0 Å². The molecule has 0 atom stereocenters. The smallest absolute Gasteiger partial charge is 0.138 e. The molecule has 0 aliphatic heterocycles. The molecule has 20 heavy (non-hydrogen) atoms. The summed E-state index contributed by atoms with van der Waals surface area (Å²) in [5, 5.41) is 2.35. The van der Waals surface area contributed by atoms with E-state index in [2.05, 4.69) is 30.3 Å². The largest absolute Gasteiger partial charge is 0.456 e. The predicted octanol–water partition coefficient (Wildman–Crippen LogP) is 4.55. The topological polar surface area (TPSA) is 39.2 Å². The standard InChI is InChI=1S/C18H17NO/c1-13(11-12-19)9-10-14-5-4-7-16-15-6-2-3-8-17(15)20-18(14)16/h2-9,11-12H,10,19H2,1H3/b12-11-,13-9-. The van der Waals surface area contributed by atoms with E-state index in [-0.39, 0.29) is 0 Å². The van der Waals surface area contributed by atoms with Gasteiger partial charge in [0.2, 0.25) is 0 Å². The third-order valence-corrected chi connectivity index (χ3v) is 3.49. The normalized spacial score (nSPS) is 12.8. The van der Waals surface area contributed by atoms with Gasteiger partial charge in [0.1, 0.15) is 11.2 Å². The number of hydrogen-bond donors (Lipinski definition) is 1. The molecule has 2 aromatic carbocycles. The molecule has 0 saturated carbocycles. The van der Waals surface area contributed by atoms with Crippen LogP contribution < -0.4 is 5.73 Å². The van der Waals surface area contributed by atoms with Gasteiger partial charge in [-0.05, 0) is 37.3 Å². The average molecular weight is 263 g/mol. The summed E-state index contributed by atoms with van der Waals surface area (Å²) in [4.78, 5) is 0. The van der Waals surface area contributed by atoms with Gasteiger partial charge in [-0.1, -0.05) is 48.0 Å². The second-order valence-corrected chi connectivity index (χ2v) is 4.90. The van der Waals surface area contributed by atoms with Gasteiger partial charge in [0, 0.05) is 10.8 Å². The molecule has 2 nitrogen and oxygen atoms in total. The molecule has 100 valence electrons. The molecule has 0 fully saturated rings. The fourth-order valence-corrected chi connectivity index (χ4v) is 2.46. The minimum Gasteiger partial charge on any atom is -0.456 e. The van der Waals surface area contributed by atoms with Crippen molar-refractivity contribution in [3.8, 4) is 0 Å². The second kappa shape index (κ2) is 5.25. The van der Waals surface area contributed by atoms with Gasteiger partial charge in [-0.15, -0.1) is 0 Å². The average Bonchev–Trinajstić information content (AvgIpc) is 2.84. The maximum absolute atomic E-state index is 6.00. The van der Waals surface area contributed by atoms with Crippen LogP contribution in [0.5, 0.6) is 0 Å². The molecule has 3 aromatic rings. The molecule has 3 rings (SSSR count). The van der Waals surface area contributed by atoms with Crippen molar-refractivity contribution in [2.75, 3.05) is 0 Å². The molecule has 0 aliphatic rings. The van der Waals surface area contributed by atoms with Crippen LogP contribution >= 0.6 is 0 Å². The summed E-state index contributed by atoms with van der Waals surface area (Å²) in [5.41, 5.74) is 9.67. The Morgan fingerprint density at radius 2 is 1.90 bits per heavy atom. The van der Waals surface area contributed by atoms with Crippen molar-refractivity contribution < 1.29 is 4.42 Å². The molecule has 0 spiro atoms. The van der Waals surface area contributed by atoms with E-state index >= 15 is 0 Å². The molecule has 0 saturated heterocycles. The SMILES string of the molecule is CC(/C=C\N)=C/Cc1cccc2c1oc1ccccc12. The first-order valence-corrected chi connectivity index (χ1v) is 6.74. The van der Waals surface area contributed by atoms with Crippen LogP contribution in [0.25, 0.3) is 21.9 Å². The van der Waals surface area contributed by atoms with Crippen molar-refractivity contribution in [1.82, 2.24) is 0 Å². The molecule has 0 radical (unpaired) electrons. The number of furan rings is 1. The van der Waals surface area contributed by atoms with E-state index in [4.69, 9.17) is 10.2 Å². The quantitative estimate of drug-likeness (QED) is 0.704. The number of para-hydroxylation sites is 2. The molecule has 0 bridgehead atoms. The van der Waals surface area contributed by atoms with E-state index in [9.17, 15) is 0 Å². The lowest BCUT2D eigenvalue weighted by Crippen LogP contribution is -1.84. The van der Waals surface area contributed by atoms with Crippen LogP contribution in [0, 0.1) is 0 Å². The zero-order chi connectivity index (χ0) is 13.9. The van der Waals surface area contributed by atoms with Crippen LogP contribution in [-0.4, -0.2) is 0 Å². The van der Waals surface area contributed by atoms with Gasteiger partial charge in [0.05, 0.1) is 0 Å². The zero-order valence-electron chi connectivity index (χ0n) is 11.5. The number of benzene rings is 2. The van der Waals surface area contributed by atoms with Crippen molar-refractivity contribution in [3.05, 3.63) is 72.0 Å². The first-order valence-electron chi connectivity index (χ1n) is 6.74. The summed E-state index contributed by atoms with van der Waals surface area (Å²) in [5.74, 6) is 0. The molecule has 2 heteroatoms. The molecule has 0 unspecified atom stereocenters. The Morgan fingerprint density at radius 1 is 1.10 bits per heavy atom. The lowest BCUT2D eigenvalue weighted by molar-refractivity contribution is 0.664. The van der Waals surface area contributed by atoms with Gasteiger partial charge >= 0.3 is 0 Å². The lowest BCUT2D eigenvalue weighted by atomic mass is 10.1. The van der Waals surface area contributed by atoms with Crippen molar-refractivity contribution in [1.29, 1.82) is 0 Å². The number of nitrogens with two attached hydrogens (primary N) is 1. The van der Waals surface area contributed by atoms with Gasteiger partial charge in [0.15, 0.2) is 0 Å². The molecule has 0 amide bonds. The van der Waals surface area contributed by atoms with Crippen LogP contribution in [0.15, 0.2) is 70.8 Å². The second-order valence-electron chi connectivity index (χ2n) is 4.90. The third kappa shape index (κ3) is 2.21. The summed E-state index contributed by atoms with van der Waals surface area (Å²) < 4.78 is 6.00. The van der Waals surface area contributed by atoms with Gasteiger partial charge in [0.25, 0.3) is 0 Å². The highest BCUT2D eigenvalue weighted by Gasteiger charge is 2.08. The van der Waals surface area contributed by atoms with E-state index in [0.717, 1.165) is 23.2 Å². The first kappa shape index (κ1) is 12.5. The fraction of sp³-hybridized carbons (Fsp3) is 0.111. The Balaban J connectivity index is 2.10. The Bertz CT molecular complexity index is 809. The van der Waals surface area contributed by atoms with E-state index in [1.165, 1.54) is 16.3 Å². The van der Waals surface area contributed by atoms with Crippen molar-refractivity contribution in [3.63, 3.8) is 0 Å². The fourth-order valence-electron chi connectivity index (χ4n) is 2.46. The summed E-state index contributed by atoms with van der Waals surface area (Å²) in [7, 11) is 0. The van der Waals surface area contributed by atoms with Crippen LogP contribution in [0.1, 0.15) is 12.5 Å². The Hall–Kier alpha value is -2.48. The molecule has 1 heterocycles. The van der Waals surface area contributed by atoms with Crippen LogP contribution in [0.2, 0.25) is 0 Å². The Labute approximate surface area is 118 Å². The molecular weight excluding hydrogens is 246 g/mol. The molecule has 0 aliphatic carbocycles. The predicted molar refractivity (Wildman–Crippen MR) is 84.5 cm³/mol. The summed E-state index contributed by atoms with van der Waals surface area (Å²) in [6, 6.07) is 14.5. The summed E-state index contributed by atoms with van der Waals surface area (Å²) in [6.45, 7) is 2.04. The molecule has 2 N–H and O–H groups in total. The van der Waals surface area contributed by atoms with E-state index in [1.807, 2.05) is 31.2 Å². The van der Waals surface area contributed by atoms with E-state index < -0.39 is 0 Å². The van der Waals surface area contributed by atoms with Crippen molar-refractivity contribution in [2.24, 2.45) is 5.73 Å². The maximum Gasteiger partial charge on any atom is 0.138 e. The Kier molecular flexibility index (Phi) is 3.30. The Morgan fingerprint density at radius 3 is 2.75 bits per heavy atom. The first-order chi connectivity index (χ1) is 9.79.